The van der Waals surface area contributed by atoms with Crippen molar-refractivity contribution in [3.63, 3.8) is 0 Å². The summed E-state index contributed by atoms with van der Waals surface area (Å²) in [6, 6.07) is 1.94. The Balaban J connectivity index is 2.09. The molecule has 4 heteroatoms. The summed E-state index contributed by atoms with van der Waals surface area (Å²) < 4.78 is 5.07. The van der Waals surface area contributed by atoms with Crippen LogP contribution in [-0.4, -0.2) is 28.6 Å². The third kappa shape index (κ3) is 2.93. The zero-order valence-corrected chi connectivity index (χ0v) is 10.9. The molecular weight excluding hydrogens is 230 g/mol. The largest absolute Gasteiger partial charge is 0.481 e. The first-order valence-corrected chi connectivity index (χ1v) is 6.56. The van der Waals surface area contributed by atoms with Crippen LogP contribution >= 0.6 is 0 Å². The molecule has 18 heavy (non-hydrogen) atoms. The molecule has 0 unspecified atom stereocenters. The highest BCUT2D eigenvalue weighted by atomic mass is 16.4. The Morgan fingerprint density at radius 1 is 1.44 bits per heavy atom. The highest BCUT2D eigenvalue weighted by Crippen LogP contribution is 2.36. The Morgan fingerprint density at radius 2 is 2.17 bits per heavy atom. The Kier molecular flexibility index (Phi) is 4.07. The highest BCUT2D eigenvalue weighted by Gasteiger charge is 2.38. The lowest BCUT2D eigenvalue weighted by molar-refractivity contribution is -0.141. The van der Waals surface area contributed by atoms with E-state index < -0.39 is 5.97 Å². The molecular formula is C14H21NO3. The molecule has 1 fully saturated rings. The van der Waals surface area contributed by atoms with E-state index in [4.69, 9.17) is 9.52 Å². The molecule has 1 aliphatic carbocycles. The zero-order valence-electron chi connectivity index (χ0n) is 10.9. The summed E-state index contributed by atoms with van der Waals surface area (Å²) in [7, 11) is 2.03. The van der Waals surface area contributed by atoms with Crippen molar-refractivity contribution in [2.45, 2.75) is 50.6 Å². The van der Waals surface area contributed by atoms with Crippen LogP contribution < -0.4 is 0 Å². The molecule has 0 bridgehead atoms. The Bertz CT molecular complexity index is 380. The van der Waals surface area contributed by atoms with Crippen LogP contribution in [-0.2, 0) is 11.3 Å². The van der Waals surface area contributed by atoms with E-state index in [0.717, 1.165) is 37.8 Å². The number of carboxylic acids is 1. The quantitative estimate of drug-likeness (QED) is 0.874. The molecule has 2 rings (SSSR count). The molecule has 1 N–H and O–H groups in total. The summed E-state index contributed by atoms with van der Waals surface area (Å²) in [6.45, 7) is 0.754. The normalized spacial score (nSPS) is 19.0. The first-order chi connectivity index (χ1) is 8.62. The maximum Gasteiger partial charge on any atom is 0.305 e. The molecule has 1 aromatic rings. The van der Waals surface area contributed by atoms with Gasteiger partial charge in [-0.2, -0.15) is 0 Å². The molecule has 0 amide bonds. The number of carbonyl (C=O) groups is 1. The summed E-state index contributed by atoms with van der Waals surface area (Å²) in [6.07, 6.45) is 9.07. The summed E-state index contributed by atoms with van der Waals surface area (Å²) in [5.41, 5.74) is 0.925. The number of rotatable bonds is 5. The van der Waals surface area contributed by atoms with Crippen LogP contribution in [0.2, 0.25) is 0 Å². The van der Waals surface area contributed by atoms with Gasteiger partial charge in [0.2, 0.25) is 0 Å². The Hall–Kier alpha value is -1.29. The zero-order chi connectivity index (χ0) is 13.0. The SMILES string of the molecule is CN(Cc1ccoc1)C1(CC(=O)O)CCCCC1. The second kappa shape index (κ2) is 5.57. The molecule has 1 heterocycles. The highest BCUT2D eigenvalue weighted by molar-refractivity contribution is 5.68. The second-order valence-corrected chi connectivity index (χ2v) is 5.34. The summed E-state index contributed by atoms with van der Waals surface area (Å²) in [5.74, 6) is -0.698. The van der Waals surface area contributed by atoms with E-state index in [1.807, 2.05) is 13.1 Å². The Labute approximate surface area is 108 Å². The number of furan rings is 1. The third-order valence-electron chi connectivity index (χ3n) is 4.07. The molecule has 1 aliphatic rings. The first kappa shape index (κ1) is 13.1. The van der Waals surface area contributed by atoms with Gasteiger partial charge >= 0.3 is 5.97 Å². The monoisotopic (exact) mass is 251 g/mol. The van der Waals surface area contributed by atoms with Crippen molar-refractivity contribution in [1.82, 2.24) is 4.90 Å². The molecule has 1 aromatic heterocycles. The Morgan fingerprint density at radius 3 is 2.72 bits per heavy atom. The second-order valence-electron chi connectivity index (χ2n) is 5.34. The number of nitrogens with zero attached hydrogens (tertiary/aromatic N) is 1. The van der Waals surface area contributed by atoms with Gasteiger partial charge in [-0.15, -0.1) is 0 Å². The fraction of sp³-hybridized carbons (Fsp3) is 0.643. The smallest absolute Gasteiger partial charge is 0.305 e. The maximum absolute atomic E-state index is 11.1. The minimum Gasteiger partial charge on any atom is -0.481 e. The van der Waals surface area contributed by atoms with E-state index >= 15 is 0 Å². The molecule has 0 saturated heterocycles. The third-order valence-corrected chi connectivity index (χ3v) is 4.07. The predicted molar refractivity (Wildman–Crippen MR) is 68.2 cm³/mol. The van der Waals surface area contributed by atoms with Crippen LogP contribution in [0.15, 0.2) is 23.0 Å². The fourth-order valence-corrected chi connectivity index (χ4v) is 3.01. The van der Waals surface area contributed by atoms with E-state index in [1.54, 1.807) is 12.5 Å². The van der Waals surface area contributed by atoms with Crippen LogP contribution in [0.25, 0.3) is 0 Å². The van der Waals surface area contributed by atoms with Crippen molar-refractivity contribution in [3.8, 4) is 0 Å². The summed E-state index contributed by atoms with van der Waals surface area (Å²) >= 11 is 0. The average Bonchev–Trinajstić information content (AvgIpc) is 2.82. The van der Waals surface area contributed by atoms with Gasteiger partial charge in [-0.1, -0.05) is 19.3 Å². The molecule has 0 radical (unpaired) electrons. The maximum atomic E-state index is 11.1. The van der Waals surface area contributed by atoms with Crippen LogP contribution in [0.4, 0.5) is 0 Å². The van der Waals surface area contributed by atoms with Gasteiger partial charge in [0.15, 0.2) is 0 Å². The minimum atomic E-state index is -0.698. The molecule has 100 valence electrons. The van der Waals surface area contributed by atoms with Crippen molar-refractivity contribution in [1.29, 1.82) is 0 Å². The van der Waals surface area contributed by atoms with Gasteiger partial charge in [0.05, 0.1) is 18.9 Å². The molecule has 0 aliphatic heterocycles. The molecule has 4 nitrogen and oxygen atoms in total. The van der Waals surface area contributed by atoms with E-state index in [2.05, 4.69) is 4.90 Å². The van der Waals surface area contributed by atoms with E-state index in [-0.39, 0.29) is 12.0 Å². The van der Waals surface area contributed by atoms with E-state index in [0.29, 0.717) is 0 Å². The van der Waals surface area contributed by atoms with Gasteiger partial charge in [0.1, 0.15) is 0 Å². The lowest BCUT2D eigenvalue weighted by Crippen LogP contribution is -2.48. The number of carboxylic acid groups (broad SMARTS) is 1. The van der Waals surface area contributed by atoms with Gasteiger partial charge in [-0.05, 0) is 26.0 Å². The fourth-order valence-electron chi connectivity index (χ4n) is 3.01. The molecule has 0 atom stereocenters. The number of hydrogen-bond acceptors (Lipinski definition) is 3. The van der Waals surface area contributed by atoms with Gasteiger partial charge in [-0.3, -0.25) is 9.69 Å². The number of hydrogen-bond donors (Lipinski definition) is 1. The van der Waals surface area contributed by atoms with E-state index in [1.165, 1.54) is 6.42 Å². The van der Waals surface area contributed by atoms with Crippen molar-refractivity contribution >= 4 is 5.97 Å². The standard InChI is InChI=1S/C14H21NO3/c1-15(10-12-5-8-18-11-12)14(9-13(16)17)6-3-2-4-7-14/h5,8,11H,2-4,6-7,9-10H2,1H3,(H,16,17). The van der Waals surface area contributed by atoms with Crippen LogP contribution in [0.1, 0.15) is 44.1 Å². The molecule has 0 aromatic carbocycles. The van der Waals surface area contributed by atoms with Crippen molar-refractivity contribution < 1.29 is 14.3 Å². The van der Waals surface area contributed by atoms with Gasteiger partial charge < -0.3 is 9.52 Å². The molecule has 0 spiro atoms. The van der Waals surface area contributed by atoms with E-state index in [9.17, 15) is 4.79 Å². The van der Waals surface area contributed by atoms with Crippen LogP contribution in [0, 0.1) is 0 Å². The lowest BCUT2D eigenvalue weighted by Gasteiger charge is -2.43. The van der Waals surface area contributed by atoms with Crippen molar-refractivity contribution in [3.05, 3.63) is 24.2 Å². The van der Waals surface area contributed by atoms with Gasteiger partial charge in [-0.25, -0.2) is 0 Å². The minimum absolute atomic E-state index is 0.179. The summed E-state index contributed by atoms with van der Waals surface area (Å²) in [4.78, 5) is 13.3. The number of aliphatic carboxylic acids is 1. The van der Waals surface area contributed by atoms with Crippen LogP contribution in [0.3, 0.4) is 0 Å². The topological polar surface area (TPSA) is 53.7 Å². The van der Waals surface area contributed by atoms with Crippen LogP contribution in [0.5, 0.6) is 0 Å². The predicted octanol–water partition coefficient (Wildman–Crippen LogP) is 2.89. The first-order valence-electron chi connectivity index (χ1n) is 6.56. The summed E-state index contributed by atoms with van der Waals surface area (Å²) in [5, 5.41) is 9.16. The van der Waals surface area contributed by atoms with Crippen molar-refractivity contribution in [2.24, 2.45) is 0 Å². The van der Waals surface area contributed by atoms with Gasteiger partial charge in [0.25, 0.3) is 0 Å². The van der Waals surface area contributed by atoms with Crippen molar-refractivity contribution in [2.75, 3.05) is 7.05 Å². The average molecular weight is 251 g/mol. The molecule has 1 saturated carbocycles. The lowest BCUT2D eigenvalue weighted by atomic mass is 9.78. The van der Waals surface area contributed by atoms with Gasteiger partial charge in [0, 0.05) is 17.6 Å².